The number of ether oxygens (including phenoxy) is 2. The van der Waals surface area contributed by atoms with E-state index in [4.69, 9.17) is 17.7 Å². The van der Waals surface area contributed by atoms with Crippen LogP contribution in [0.25, 0.3) is 0 Å². The third-order valence-corrected chi connectivity index (χ3v) is 15.3. The van der Waals surface area contributed by atoms with Crippen LogP contribution in [0.1, 0.15) is 39.5 Å². The molecule has 0 aromatic rings. The average molecular weight is 449 g/mol. The Hall–Kier alpha value is -0.259. The van der Waals surface area contributed by atoms with Crippen LogP contribution in [0.15, 0.2) is 12.2 Å². The van der Waals surface area contributed by atoms with Crippen molar-refractivity contribution in [1.82, 2.24) is 0 Å². The highest BCUT2D eigenvalue weighted by molar-refractivity contribution is 6.87. The minimum atomic E-state index is -2.12. The largest absolute Gasteiger partial charge is 0.460 e. The zero-order valence-electron chi connectivity index (χ0n) is 19.6. The first-order valence-electron chi connectivity index (χ1n) is 10.6. The third-order valence-electron chi connectivity index (χ3n) is 4.16. The molecule has 5 nitrogen and oxygen atoms in total. The Morgan fingerprint density at radius 3 is 2.00 bits per heavy atom. The van der Waals surface area contributed by atoms with Crippen molar-refractivity contribution in [3.8, 4) is 0 Å². The van der Waals surface area contributed by atoms with Crippen molar-refractivity contribution in [3.63, 3.8) is 0 Å². The van der Waals surface area contributed by atoms with Crippen LogP contribution in [0.5, 0.6) is 0 Å². The summed E-state index contributed by atoms with van der Waals surface area (Å²) in [5.74, 6) is -0.359. The van der Waals surface area contributed by atoms with E-state index in [1.54, 1.807) is 6.92 Å². The summed E-state index contributed by atoms with van der Waals surface area (Å²) in [5.41, 5.74) is 0.415. The Bertz CT molecular complexity index is 477. The van der Waals surface area contributed by atoms with Crippen LogP contribution in [-0.2, 0) is 22.5 Å². The molecule has 0 aliphatic heterocycles. The van der Waals surface area contributed by atoms with Gasteiger partial charge >= 0.3 is 14.5 Å². The number of hydrogen-bond acceptors (Lipinski definition) is 5. The molecule has 0 saturated heterocycles. The van der Waals surface area contributed by atoms with E-state index >= 15 is 0 Å². The van der Waals surface area contributed by atoms with Gasteiger partial charge in [0.25, 0.3) is 0 Å². The molecule has 0 bridgehead atoms. The molecule has 0 amide bonds. The van der Waals surface area contributed by atoms with Gasteiger partial charge in [-0.25, -0.2) is 4.79 Å². The summed E-state index contributed by atoms with van der Waals surface area (Å²) in [4.78, 5) is 11.3. The van der Waals surface area contributed by atoms with Crippen LogP contribution in [0.2, 0.25) is 51.4 Å². The third kappa shape index (κ3) is 14.7. The lowest BCUT2D eigenvalue weighted by Gasteiger charge is -2.39. The van der Waals surface area contributed by atoms with E-state index in [1.807, 2.05) is 0 Å². The summed E-state index contributed by atoms with van der Waals surface area (Å²) >= 11 is 0. The van der Waals surface area contributed by atoms with Gasteiger partial charge in [-0.2, -0.15) is 0 Å². The van der Waals surface area contributed by atoms with Gasteiger partial charge in [0.1, 0.15) is 6.61 Å². The second kappa shape index (κ2) is 13.1. The second-order valence-electron chi connectivity index (χ2n) is 9.26. The molecule has 0 rings (SSSR count). The van der Waals surface area contributed by atoms with Crippen LogP contribution in [0.4, 0.5) is 0 Å². The van der Waals surface area contributed by atoms with Crippen LogP contribution >= 0.6 is 0 Å². The smallest absolute Gasteiger partial charge is 0.333 e. The summed E-state index contributed by atoms with van der Waals surface area (Å²) in [6.07, 6.45) is 4.69. The molecule has 166 valence electrons. The first-order chi connectivity index (χ1) is 12.8. The van der Waals surface area contributed by atoms with E-state index in [0.29, 0.717) is 18.8 Å². The number of esters is 1. The Balaban J connectivity index is 4.47. The highest BCUT2D eigenvalue weighted by Crippen LogP contribution is 2.28. The summed E-state index contributed by atoms with van der Waals surface area (Å²) in [6, 6.07) is 2.26. The van der Waals surface area contributed by atoms with E-state index < -0.39 is 25.2 Å². The zero-order chi connectivity index (χ0) is 21.8. The Labute approximate surface area is 176 Å². The molecule has 1 unspecified atom stereocenters. The number of carbonyl (C=O) groups excluding carboxylic acids is 1. The second-order valence-corrected chi connectivity index (χ2v) is 21.8. The van der Waals surface area contributed by atoms with Gasteiger partial charge in [0.05, 0.1) is 6.61 Å². The topological polar surface area (TPSA) is 54.0 Å². The molecular formula is C20H44O5Si3. The van der Waals surface area contributed by atoms with Gasteiger partial charge in [0.15, 0.2) is 16.6 Å². The number of carbonyl (C=O) groups is 1. The van der Waals surface area contributed by atoms with Crippen LogP contribution in [0.3, 0.4) is 0 Å². The Kier molecular flexibility index (Phi) is 13.0. The summed E-state index contributed by atoms with van der Waals surface area (Å²) in [6.45, 7) is 22.3. The molecule has 0 N–H and O–H groups in total. The van der Waals surface area contributed by atoms with E-state index in [2.05, 4.69) is 52.8 Å². The van der Waals surface area contributed by atoms with E-state index in [0.717, 1.165) is 12.5 Å². The quantitative estimate of drug-likeness (QED) is 0.128. The van der Waals surface area contributed by atoms with Crippen molar-refractivity contribution in [1.29, 1.82) is 0 Å². The normalized spacial score (nSPS) is 14.6. The molecule has 0 aliphatic rings. The number of hydrogen-bond donors (Lipinski definition) is 0. The number of unbranched alkanes of at least 4 members (excludes halogenated alkanes) is 2. The van der Waals surface area contributed by atoms with Crippen molar-refractivity contribution in [2.75, 3.05) is 19.8 Å². The molecule has 8 heteroatoms. The zero-order valence-corrected chi connectivity index (χ0v) is 22.6. The molecule has 0 saturated carbocycles. The van der Waals surface area contributed by atoms with Gasteiger partial charge in [-0.15, -0.1) is 0 Å². The van der Waals surface area contributed by atoms with Crippen molar-refractivity contribution >= 4 is 31.2 Å². The van der Waals surface area contributed by atoms with Crippen LogP contribution in [-0.4, -0.2) is 51.0 Å². The molecule has 0 aromatic carbocycles. The molecule has 0 heterocycles. The molecular weight excluding hydrogens is 404 g/mol. The van der Waals surface area contributed by atoms with Crippen molar-refractivity contribution in [2.24, 2.45) is 0 Å². The van der Waals surface area contributed by atoms with Gasteiger partial charge < -0.3 is 17.7 Å². The molecule has 0 radical (unpaired) electrons. The fourth-order valence-electron chi connectivity index (χ4n) is 3.29. The minimum absolute atomic E-state index is 0.275. The van der Waals surface area contributed by atoms with Gasteiger partial charge in [0, 0.05) is 12.2 Å². The summed E-state index contributed by atoms with van der Waals surface area (Å²) in [7, 11) is -5.58. The molecule has 0 spiro atoms. The van der Waals surface area contributed by atoms with Crippen LogP contribution in [0, 0.1) is 0 Å². The maximum Gasteiger partial charge on any atom is 0.333 e. The lowest BCUT2D eigenvalue weighted by Crippen LogP contribution is -2.52. The highest BCUT2D eigenvalue weighted by atomic mass is 28.5. The molecule has 28 heavy (non-hydrogen) atoms. The molecule has 0 aromatic heterocycles. The van der Waals surface area contributed by atoms with Crippen molar-refractivity contribution < 1.29 is 22.5 Å². The van der Waals surface area contributed by atoms with Gasteiger partial charge in [-0.3, -0.25) is 0 Å². The SMILES string of the molecule is C=C(C)C(=O)OCCOCCC[Si](C)(CCCCC)O[Si](C)(C)O[Si](C)(C)C. The lowest BCUT2D eigenvalue weighted by molar-refractivity contribution is -0.140. The van der Waals surface area contributed by atoms with Gasteiger partial charge in [-0.05, 0) is 64.7 Å². The predicted octanol–water partition coefficient (Wildman–Crippen LogP) is 5.85. The first kappa shape index (κ1) is 27.7. The first-order valence-corrected chi connectivity index (χ1v) is 19.7. The minimum Gasteiger partial charge on any atom is -0.460 e. The molecule has 1 atom stereocenters. The molecule has 0 fully saturated rings. The average Bonchev–Trinajstić information content (AvgIpc) is 2.50. The van der Waals surface area contributed by atoms with E-state index in [9.17, 15) is 4.79 Å². The van der Waals surface area contributed by atoms with Crippen molar-refractivity contribution in [2.45, 2.75) is 90.9 Å². The summed E-state index contributed by atoms with van der Waals surface area (Å²) < 4.78 is 23.9. The highest BCUT2D eigenvalue weighted by Gasteiger charge is 2.39. The maximum atomic E-state index is 11.3. The van der Waals surface area contributed by atoms with Gasteiger partial charge in [0.2, 0.25) is 0 Å². The van der Waals surface area contributed by atoms with E-state index in [1.165, 1.54) is 25.3 Å². The standard InChI is InChI=1S/C20H44O5Si3/c1-10-11-12-17-28(9,25-27(7,8)24-26(4,5)6)18-13-14-22-15-16-23-20(21)19(2)3/h2,10-18H2,1,3-9H3. The van der Waals surface area contributed by atoms with Gasteiger partial charge in [-0.1, -0.05) is 32.8 Å². The fraction of sp³-hybridized carbons (Fsp3) is 0.850. The van der Waals surface area contributed by atoms with E-state index in [-0.39, 0.29) is 12.6 Å². The molecule has 0 aliphatic carbocycles. The maximum absolute atomic E-state index is 11.3. The monoisotopic (exact) mass is 448 g/mol. The van der Waals surface area contributed by atoms with Crippen LogP contribution < -0.4 is 0 Å². The lowest BCUT2D eigenvalue weighted by atomic mass is 10.3. The Morgan fingerprint density at radius 1 is 0.857 bits per heavy atom. The number of rotatable bonds is 16. The summed E-state index contributed by atoms with van der Waals surface area (Å²) in [5, 5.41) is 0. The predicted molar refractivity (Wildman–Crippen MR) is 125 cm³/mol. The Morgan fingerprint density at radius 2 is 1.46 bits per heavy atom. The fourth-order valence-corrected chi connectivity index (χ4v) is 17.4. The van der Waals surface area contributed by atoms with Crippen molar-refractivity contribution in [3.05, 3.63) is 12.2 Å².